The molecular formula is C24H30. The quantitative estimate of drug-likeness (QED) is 0.564. The van der Waals surface area contributed by atoms with Crippen LogP contribution in [0.2, 0.25) is 0 Å². The molecule has 126 valence electrons. The molecule has 0 saturated heterocycles. The summed E-state index contributed by atoms with van der Waals surface area (Å²) in [5.74, 6) is 2.55. The molecule has 0 nitrogen and oxygen atoms in total. The van der Waals surface area contributed by atoms with Crippen LogP contribution in [-0.4, -0.2) is 0 Å². The average molecular weight is 319 g/mol. The van der Waals surface area contributed by atoms with Gasteiger partial charge < -0.3 is 0 Å². The summed E-state index contributed by atoms with van der Waals surface area (Å²) in [6, 6.07) is 14.3. The van der Waals surface area contributed by atoms with E-state index in [1.807, 2.05) is 0 Å². The molecular weight excluding hydrogens is 288 g/mol. The second-order valence-corrected chi connectivity index (χ2v) is 8.38. The van der Waals surface area contributed by atoms with Crippen LogP contribution in [0, 0.1) is 19.8 Å². The van der Waals surface area contributed by atoms with Crippen LogP contribution in [0.15, 0.2) is 36.4 Å². The summed E-state index contributed by atoms with van der Waals surface area (Å²) in [7, 11) is 0. The lowest BCUT2D eigenvalue weighted by molar-refractivity contribution is 0.348. The zero-order valence-corrected chi connectivity index (χ0v) is 15.4. The topological polar surface area (TPSA) is 0 Å². The predicted octanol–water partition coefficient (Wildman–Crippen LogP) is 7.14. The summed E-state index contributed by atoms with van der Waals surface area (Å²) in [4.78, 5) is 0. The van der Waals surface area contributed by atoms with Crippen molar-refractivity contribution in [1.29, 1.82) is 0 Å². The third-order valence-electron chi connectivity index (χ3n) is 6.29. The molecule has 0 aliphatic heterocycles. The highest BCUT2D eigenvalue weighted by Gasteiger charge is 2.23. The van der Waals surface area contributed by atoms with Gasteiger partial charge in [0.15, 0.2) is 0 Å². The van der Waals surface area contributed by atoms with Crippen LogP contribution in [0.5, 0.6) is 0 Å². The smallest absolute Gasteiger partial charge is 0.0125 e. The van der Waals surface area contributed by atoms with Crippen molar-refractivity contribution >= 4 is 0 Å². The van der Waals surface area contributed by atoms with Crippen molar-refractivity contribution in [2.75, 3.05) is 0 Å². The fraction of sp³-hybridized carbons (Fsp3) is 0.500. The van der Waals surface area contributed by atoms with Crippen LogP contribution in [0.25, 0.3) is 11.1 Å². The highest BCUT2D eigenvalue weighted by Crippen LogP contribution is 2.41. The van der Waals surface area contributed by atoms with Crippen molar-refractivity contribution in [3.8, 4) is 11.1 Å². The van der Waals surface area contributed by atoms with E-state index in [0.29, 0.717) is 0 Å². The molecule has 0 bridgehead atoms. The van der Waals surface area contributed by atoms with Crippen LogP contribution in [0.3, 0.4) is 0 Å². The summed E-state index contributed by atoms with van der Waals surface area (Å²) in [5.41, 5.74) is 8.84. The van der Waals surface area contributed by atoms with E-state index in [2.05, 4.69) is 57.2 Å². The first-order chi connectivity index (χ1) is 11.6. The first-order valence-electron chi connectivity index (χ1n) is 9.83. The first kappa shape index (κ1) is 15.9. The summed E-state index contributed by atoms with van der Waals surface area (Å²) < 4.78 is 0. The number of rotatable bonds is 3. The molecule has 0 radical (unpaired) electrons. The Hall–Kier alpha value is -1.56. The van der Waals surface area contributed by atoms with Gasteiger partial charge in [-0.1, -0.05) is 56.2 Å². The minimum absolute atomic E-state index is 0.782. The standard InChI is InChI=1S/C24H30/c1-16-4-6-21(7-5-16)23-14-17(2)24(18(3)15-23)22-12-10-20(11-13-22)19-8-9-19/h10-16,19,21H,4-9H2,1-3H3. The van der Waals surface area contributed by atoms with Gasteiger partial charge in [0.2, 0.25) is 0 Å². The molecule has 2 fully saturated rings. The van der Waals surface area contributed by atoms with Crippen LogP contribution in [0.1, 0.15) is 79.5 Å². The Morgan fingerprint density at radius 2 is 1.17 bits per heavy atom. The Bertz CT molecular complexity index is 687. The van der Waals surface area contributed by atoms with Gasteiger partial charge >= 0.3 is 0 Å². The van der Waals surface area contributed by atoms with Gasteiger partial charge in [0.25, 0.3) is 0 Å². The molecule has 2 saturated carbocycles. The maximum atomic E-state index is 2.47. The van der Waals surface area contributed by atoms with Gasteiger partial charge in [-0.25, -0.2) is 0 Å². The highest BCUT2D eigenvalue weighted by molar-refractivity contribution is 5.71. The molecule has 0 aromatic heterocycles. The molecule has 0 amide bonds. The van der Waals surface area contributed by atoms with Gasteiger partial charge in [-0.15, -0.1) is 0 Å². The van der Waals surface area contributed by atoms with Crippen LogP contribution in [0.4, 0.5) is 0 Å². The monoisotopic (exact) mass is 318 g/mol. The molecule has 0 heteroatoms. The molecule has 24 heavy (non-hydrogen) atoms. The highest BCUT2D eigenvalue weighted by atomic mass is 14.3. The summed E-state index contributed by atoms with van der Waals surface area (Å²) in [6.45, 7) is 7.00. The van der Waals surface area contributed by atoms with Crippen molar-refractivity contribution in [2.24, 2.45) is 5.92 Å². The van der Waals surface area contributed by atoms with E-state index in [9.17, 15) is 0 Å². The third-order valence-corrected chi connectivity index (χ3v) is 6.29. The molecule has 4 rings (SSSR count). The van der Waals surface area contributed by atoms with Crippen LogP contribution in [-0.2, 0) is 0 Å². The second-order valence-electron chi connectivity index (χ2n) is 8.38. The Morgan fingerprint density at radius 1 is 0.667 bits per heavy atom. The lowest BCUT2D eigenvalue weighted by Gasteiger charge is -2.27. The Labute approximate surface area is 147 Å². The fourth-order valence-electron chi connectivity index (χ4n) is 4.62. The zero-order chi connectivity index (χ0) is 16.7. The van der Waals surface area contributed by atoms with Crippen LogP contribution >= 0.6 is 0 Å². The van der Waals surface area contributed by atoms with Gasteiger partial charge in [0, 0.05) is 0 Å². The molecule has 0 heterocycles. The molecule has 0 atom stereocenters. The molecule has 0 unspecified atom stereocenters. The lowest BCUT2D eigenvalue weighted by Crippen LogP contribution is -2.11. The maximum Gasteiger partial charge on any atom is -0.0125 e. The molecule has 2 aliphatic carbocycles. The SMILES string of the molecule is Cc1cc(C2CCC(C)CC2)cc(C)c1-c1ccc(C2CC2)cc1. The van der Waals surface area contributed by atoms with E-state index in [1.54, 1.807) is 5.56 Å². The normalized spacial score (nSPS) is 24.1. The van der Waals surface area contributed by atoms with Gasteiger partial charge in [-0.2, -0.15) is 0 Å². The van der Waals surface area contributed by atoms with E-state index in [-0.39, 0.29) is 0 Å². The molecule has 2 aliphatic rings. The minimum Gasteiger partial charge on any atom is -0.0625 e. The van der Waals surface area contributed by atoms with Gasteiger partial charge in [0.05, 0.1) is 0 Å². The van der Waals surface area contributed by atoms with E-state index in [4.69, 9.17) is 0 Å². The van der Waals surface area contributed by atoms with Gasteiger partial charge in [-0.05, 0) is 90.7 Å². The average Bonchev–Trinajstić information content (AvgIpc) is 3.40. The lowest BCUT2D eigenvalue weighted by atomic mass is 9.78. The second kappa shape index (κ2) is 6.39. The van der Waals surface area contributed by atoms with Crippen molar-refractivity contribution in [3.05, 3.63) is 58.7 Å². The predicted molar refractivity (Wildman–Crippen MR) is 104 cm³/mol. The zero-order valence-electron chi connectivity index (χ0n) is 15.4. The van der Waals surface area contributed by atoms with Gasteiger partial charge in [0.1, 0.15) is 0 Å². The van der Waals surface area contributed by atoms with Crippen LogP contribution < -0.4 is 0 Å². The third kappa shape index (κ3) is 3.16. The number of hydrogen-bond acceptors (Lipinski definition) is 0. The molecule has 0 N–H and O–H groups in total. The summed E-state index contributed by atoms with van der Waals surface area (Å²) >= 11 is 0. The largest absolute Gasteiger partial charge is 0.0625 e. The number of benzene rings is 2. The Balaban J connectivity index is 1.61. The van der Waals surface area contributed by atoms with Crippen molar-refractivity contribution < 1.29 is 0 Å². The number of aryl methyl sites for hydroxylation is 2. The van der Waals surface area contributed by atoms with E-state index < -0.39 is 0 Å². The Morgan fingerprint density at radius 3 is 1.71 bits per heavy atom. The van der Waals surface area contributed by atoms with E-state index in [1.165, 1.54) is 66.3 Å². The van der Waals surface area contributed by atoms with E-state index >= 15 is 0 Å². The fourth-order valence-corrected chi connectivity index (χ4v) is 4.62. The van der Waals surface area contributed by atoms with Crippen molar-refractivity contribution in [2.45, 2.75) is 71.1 Å². The summed E-state index contributed by atoms with van der Waals surface area (Å²) in [6.07, 6.45) is 8.30. The number of hydrogen-bond donors (Lipinski definition) is 0. The first-order valence-corrected chi connectivity index (χ1v) is 9.83. The maximum absolute atomic E-state index is 2.47. The molecule has 0 spiro atoms. The Kier molecular flexibility index (Phi) is 4.24. The van der Waals surface area contributed by atoms with Gasteiger partial charge in [-0.3, -0.25) is 0 Å². The molecule has 2 aromatic rings. The summed E-state index contributed by atoms with van der Waals surface area (Å²) in [5, 5.41) is 0. The minimum atomic E-state index is 0.782. The van der Waals surface area contributed by atoms with E-state index in [0.717, 1.165) is 17.8 Å². The van der Waals surface area contributed by atoms with Crippen molar-refractivity contribution in [1.82, 2.24) is 0 Å². The molecule has 2 aromatic carbocycles. The van der Waals surface area contributed by atoms with Crippen molar-refractivity contribution in [3.63, 3.8) is 0 Å².